The normalized spacial score (nSPS) is 10.7. The van der Waals surface area contributed by atoms with Crippen molar-refractivity contribution in [2.24, 2.45) is 5.10 Å². The summed E-state index contributed by atoms with van der Waals surface area (Å²) in [6.07, 6.45) is 3.37. The summed E-state index contributed by atoms with van der Waals surface area (Å²) in [4.78, 5) is 4.07. The molecule has 0 aliphatic rings. The first-order valence-electron chi connectivity index (χ1n) is 5.34. The quantitative estimate of drug-likeness (QED) is 0.669. The largest absolute Gasteiger partial charge is 0.493 e. The molecule has 7 heteroatoms. The molecule has 0 spiro atoms. The number of anilines is 1. The number of benzene rings is 1. The van der Waals surface area contributed by atoms with E-state index in [1.807, 2.05) is 17.5 Å². The average Bonchev–Trinajstić information content (AvgIpc) is 2.91. The first-order chi connectivity index (χ1) is 9.24. The van der Waals surface area contributed by atoms with Gasteiger partial charge in [0.25, 0.3) is 0 Å². The van der Waals surface area contributed by atoms with Gasteiger partial charge in [0, 0.05) is 21.6 Å². The molecule has 0 atom stereocenters. The van der Waals surface area contributed by atoms with Crippen LogP contribution in [0.15, 0.2) is 33.3 Å². The van der Waals surface area contributed by atoms with Gasteiger partial charge in [0.1, 0.15) is 0 Å². The highest BCUT2D eigenvalue weighted by Crippen LogP contribution is 2.33. The fourth-order valence-electron chi connectivity index (χ4n) is 1.49. The van der Waals surface area contributed by atoms with Gasteiger partial charge in [-0.05, 0) is 12.1 Å². The van der Waals surface area contributed by atoms with E-state index >= 15 is 0 Å². The summed E-state index contributed by atoms with van der Waals surface area (Å²) in [5.74, 6) is 1.28. The lowest BCUT2D eigenvalue weighted by Gasteiger charge is -2.10. The van der Waals surface area contributed by atoms with Gasteiger partial charge >= 0.3 is 0 Å². The molecule has 0 radical (unpaired) electrons. The molecular formula is C12H12BrN3O2S. The van der Waals surface area contributed by atoms with Gasteiger partial charge in [-0.1, -0.05) is 15.9 Å². The van der Waals surface area contributed by atoms with Gasteiger partial charge in [0.15, 0.2) is 11.5 Å². The van der Waals surface area contributed by atoms with E-state index in [-0.39, 0.29) is 0 Å². The lowest BCUT2D eigenvalue weighted by Crippen LogP contribution is -1.97. The number of rotatable bonds is 5. The molecule has 1 aromatic carbocycles. The highest BCUT2D eigenvalue weighted by atomic mass is 79.9. The Morgan fingerprint density at radius 1 is 1.37 bits per heavy atom. The minimum Gasteiger partial charge on any atom is -0.493 e. The Hall–Kier alpha value is -1.60. The molecule has 0 saturated carbocycles. The lowest BCUT2D eigenvalue weighted by atomic mass is 10.2. The van der Waals surface area contributed by atoms with Crippen molar-refractivity contribution >= 4 is 38.6 Å². The summed E-state index contributed by atoms with van der Waals surface area (Å²) in [6.45, 7) is 0. The van der Waals surface area contributed by atoms with Gasteiger partial charge in [-0.2, -0.15) is 5.10 Å². The zero-order chi connectivity index (χ0) is 13.7. The topological polar surface area (TPSA) is 55.7 Å². The molecule has 0 amide bonds. The summed E-state index contributed by atoms with van der Waals surface area (Å²) in [6, 6.07) is 3.73. The van der Waals surface area contributed by atoms with Crippen molar-refractivity contribution in [1.82, 2.24) is 4.98 Å². The molecule has 0 unspecified atom stereocenters. The zero-order valence-corrected chi connectivity index (χ0v) is 12.8. The van der Waals surface area contributed by atoms with Gasteiger partial charge in [0.05, 0.1) is 20.4 Å². The maximum Gasteiger partial charge on any atom is 0.203 e. The van der Waals surface area contributed by atoms with Crippen LogP contribution in [0, 0.1) is 0 Å². The monoisotopic (exact) mass is 341 g/mol. The van der Waals surface area contributed by atoms with E-state index in [1.165, 1.54) is 11.3 Å². The highest BCUT2D eigenvalue weighted by Gasteiger charge is 2.10. The van der Waals surface area contributed by atoms with E-state index in [0.717, 1.165) is 15.2 Å². The highest BCUT2D eigenvalue weighted by molar-refractivity contribution is 9.10. The molecule has 19 heavy (non-hydrogen) atoms. The molecule has 0 aliphatic carbocycles. The van der Waals surface area contributed by atoms with Crippen LogP contribution in [0.3, 0.4) is 0 Å². The number of halogens is 1. The van der Waals surface area contributed by atoms with Crippen molar-refractivity contribution in [2.75, 3.05) is 19.6 Å². The third-order valence-corrected chi connectivity index (χ3v) is 3.40. The van der Waals surface area contributed by atoms with Crippen molar-refractivity contribution in [2.45, 2.75) is 0 Å². The van der Waals surface area contributed by atoms with Crippen molar-refractivity contribution < 1.29 is 9.47 Å². The molecule has 0 saturated heterocycles. The molecule has 100 valence electrons. The number of thiazole rings is 1. The molecule has 0 fully saturated rings. The number of hydrogen-bond donors (Lipinski definition) is 1. The SMILES string of the molecule is COc1cc(Br)cc(/C=N\Nc2nccs2)c1OC. The van der Waals surface area contributed by atoms with Gasteiger partial charge in [-0.25, -0.2) is 4.98 Å². The predicted octanol–water partition coefficient (Wildman–Crippen LogP) is 3.37. The van der Waals surface area contributed by atoms with Crippen LogP contribution in [-0.2, 0) is 0 Å². The molecule has 1 N–H and O–H groups in total. The number of hydrazone groups is 1. The maximum absolute atomic E-state index is 5.33. The van der Waals surface area contributed by atoms with Crippen molar-refractivity contribution in [1.29, 1.82) is 0 Å². The first kappa shape index (κ1) is 13.8. The van der Waals surface area contributed by atoms with E-state index in [4.69, 9.17) is 9.47 Å². The summed E-state index contributed by atoms with van der Waals surface area (Å²) in [5, 5.41) is 6.73. The second kappa shape index (κ2) is 6.53. The molecular weight excluding hydrogens is 330 g/mol. The fraction of sp³-hybridized carbons (Fsp3) is 0.167. The Kier molecular flexibility index (Phi) is 4.75. The number of nitrogens with one attached hydrogen (secondary N) is 1. The first-order valence-corrected chi connectivity index (χ1v) is 7.02. The summed E-state index contributed by atoms with van der Waals surface area (Å²) >= 11 is 4.90. The Balaban J connectivity index is 2.23. The maximum atomic E-state index is 5.33. The number of aromatic nitrogens is 1. The Labute approximate surface area is 123 Å². The smallest absolute Gasteiger partial charge is 0.203 e. The molecule has 2 rings (SSSR count). The third kappa shape index (κ3) is 3.45. The third-order valence-electron chi connectivity index (χ3n) is 2.27. The zero-order valence-electron chi connectivity index (χ0n) is 10.4. The van der Waals surface area contributed by atoms with E-state index in [9.17, 15) is 0 Å². The number of nitrogens with zero attached hydrogens (tertiary/aromatic N) is 2. The lowest BCUT2D eigenvalue weighted by molar-refractivity contribution is 0.354. The summed E-state index contributed by atoms with van der Waals surface area (Å²) in [5.41, 5.74) is 3.65. The van der Waals surface area contributed by atoms with E-state index in [1.54, 1.807) is 26.6 Å². The van der Waals surface area contributed by atoms with Crippen molar-refractivity contribution in [3.63, 3.8) is 0 Å². The fourth-order valence-corrected chi connectivity index (χ4v) is 2.42. The minimum atomic E-state index is 0.635. The molecule has 0 aliphatic heterocycles. The Morgan fingerprint density at radius 2 is 2.21 bits per heavy atom. The standard InChI is InChI=1S/C12H12BrN3O2S/c1-17-10-6-9(13)5-8(11(10)18-2)7-15-16-12-14-3-4-19-12/h3-7H,1-2H3,(H,14,16)/b15-7-. The molecule has 5 nitrogen and oxygen atoms in total. The van der Waals surface area contributed by atoms with Crippen LogP contribution in [0.4, 0.5) is 5.13 Å². The van der Waals surface area contributed by atoms with Gasteiger partial charge in [-0.3, -0.25) is 5.43 Å². The Morgan fingerprint density at radius 3 is 2.84 bits per heavy atom. The van der Waals surface area contributed by atoms with E-state index in [0.29, 0.717) is 11.5 Å². The van der Waals surface area contributed by atoms with Crippen LogP contribution in [0.5, 0.6) is 11.5 Å². The second-order valence-corrected chi connectivity index (χ2v) is 5.25. The Bertz CT molecular complexity index is 573. The van der Waals surface area contributed by atoms with Crippen LogP contribution >= 0.6 is 27.3 Å². The van der Waals surface area contributed by atoms with Crippen LogP contribution in [0.2, 0.25) is 0 Å². The minimum absolute atomic E-state index is 0.635. The number of methoxy groups -OCH3 is 2. The molecule has 1 aromatic heterocycles. The van der Waals surface area contributed by atoms with Crippen LogP contribution < -0.4 is 14.9 Å². The van der Waals surface area contributed by atoms with E-state index in [2.05, 4.69) is 31.4 Å². The van der Waals surface area contributed by atoms with Gasteiger partial charge in [-0.15, -0.1) is 11.3 Å². The summed E-state index contributed by atoms with van der Waals surface area (Å²) < 4.78 is 11.5. The van der Waals surface area contributed by atoms with Crippen molar-refractivity contribution in [3.05, 3.63) is 33.7 Å². The average molecular weight is 342 g/mol. The summed E-state index contributed by atoms with van der Waals surface area (Å²) in [7, 11) is 3.19. The van der Waals surface area contributed by atoms with Gasteiger partial charge in [0.2, 0.25) is 5.13 Å². The van der Waals surface area contributed by atoms with Crippen LogP contribution in [-0.4, -0.2) is 25.4 Å². The second-order valence-electron chi connectivity index (χ2n) is 3.44. The molecule has 1 heterocycles. The van der Waals surface area contributed by atoms with E-state index < -0.39 is 0 Å². The molecule has 2 aromatic rings. The van der Waals surface area contributed by atoms with Crippen LogP contribution in [0.1, 0.15) is 5.56 Å². The number of hydrogen-bond acceptors (Lipinski definition) is 6. The number of ether oxygens (including phenoxy) is 2. The molecule has 0 bridgehead atoms. The van der Waals surface area contributed by atoms with Crippen molar-refractivity contribution in [3.8, 4) is 11.5 Å². The predicted molar refractivity (Wildman–Crippen MR) is 80.6 cm³/mol. The van der Waals surface area contributed by atoms with Crippen LogP contribution in [0.25, 0.3) is 0 Å². The van der Waals surface area contributed by atoms with Gasteiger partial charge < -0.3 is 9.47 Å².